The molecule has 0 radical (unpaired) electrons. The van der Waals surface area contributed by atoms with Gasteiger partial charge >= 0.3 is 0 Å². The minimum absolute atomic E-state index is 0.276. The minimum atomic E-state index is 0.276. The molecule has 0 spiro atoms. The first kappa shape index (κ1) is 12.8. The fourth-order valence-electron chi connectivity index (χ4n) is 2.04. The summed E-state index contributed by atoms with van der Waals surface area (Å²) in [5.41, 5.74) is 1.09. The molecule has 0 aliphatic carbocycles. The molecule has 2 rings (SSSR count). The highest BCUT2D eigenvalue weighted by atomic mass is 16.3. The fourth-order valence-corrected chi connectivity index (χ4v) is 2.04. The average Bonchev–Trinajstić information content (AvgIpc) is 2.90. The van der Waals surface area contributed by atoms with Crippen molar-refractivity contribution in [3.63, 3.8) is 0 Å². The first-order valence-corrected chi connectivity index (χ1v) is 6.45. The molecule has 0 aliphatic rings. The number of pyridine rings is 1. The summed E-state index contributed by atoms with van der Waals surface area (Å²) in [5.74, 6) is 1.05. The van der Waals surface area contributed by atoms with Crippen LogP contribution in [0.3, 0.4) is 0 Å². The van der Waals surface area contributed by atoms with E-state index in [2.05, 4.69) is 30.2 Å². The summed E-state index contributed by atoms with van der Waals surface area (Å²) in [6.07, 6.45) is 5.59. The van der Waals surface area contributed by atoms with Crippen LogP contribution in [0.4, 0.5) is 0 Å². The van der Waals surface area contributed by atoms with Crippen molar-refractivity contribution < 1.29 is 4.42 Å². The standard InChI is InChI=1S/C15H20N2O/c1-12(8-9-14-6-5-11-18-14)17-13(2)15-7-3-4-10-16-15/h3-7,10-13,17H,8-9H2,1-2H3/t12?,13-/m1/s1. The monoisotopic (exact) mass is 244 g/mol. The van der Waals surface area contributed by atoms with Gasteiger partial charge in [0, 0.05) is 24.7 Å². The van der Waals surface area contributed by atoms with Crippen LogP contribution in [0, 0.1) is 0 Å². The Balaban J connectivity index is 1.78. The number of aromatic nitrogens is 1. The summed E-state index contributed by atoms with van der Waals surface area (Å²) in [6.45, 7) is 4.34. The first-order valence-electron chi connectivity index (χ1n) is 6.45. The number of hydrogen-bond donors (Lipinski definition) is 1. The molecular formula is C15H20N2O. The Bertz CT molecular complexity index is 439. The number of rotatable bonds is 6. The molecule has 18 heavy (non-hydrogen) atoms. The molecule has 3 heteroatoms. The predicted octanol–water partition coefficient (Wildman–Crippen LogP) is 3.35. The molecule has 2 heterocycles. The topological polar surface area (TPSA) is 38.1 Å². The van der Waals surface area contributed by atoms with E-state index in [1.165, 1.54) is 0 Å². The van der Waals surface area contributed by atoms with Crippen molar-refractivity contribution in [2.24, 2.45) is 0 Å². The van der Waals surface area contributed by atoms with Crippen LogP contribution in [0.5, 0.6) is 0 Å². The van der Waals surface area contributed by atoms with Gasteiger partial charge in [-0.2, -0.15) is 0 Å². The number of nitrogens with zero attached hydrogens (tertiary/aromatic N) is 1. The van der Waals surface area contributed by atoms with E-state index in [-0.39, 0.29) is 6.04 Å². The largest absolute Gasteiger partial charge is 0.469 e. The third kappa shape index (κ3) is 3.70. The summed E-state index contributed by atoms with van der Waals surface area (Å²) < 4.78 is 5.33. The van der Waals surface area contributed by atoms with E-state index in [4.69, 9.17) is 4.42 Å². The third-order valence-electron chi connectivity index (χ3n) is 3.07. The lowest BCUT2D eigenvalue weighted by atomic mass is 10.1. The van der Waals surface area contributed by atoms with Gasteiger partial charge in [0.15, 0.2) is 0 Å². The molecule has 2 aromatic rings. The van der Waals surface area contributed by atoms with E-state index in [1.807, 2.05) is 30.5 Å². The maximum atomic E-state index is 5.33. The van der Waals surface area contributed by atoms with Gasteiger partial charge in [-0.3, -0.25) is 4.98 Å². The van der Waals surface area contributed by atoms with E-state index in [0.717, 1.165) is 24.3 Å². The molecule has 0 bridgehead atoms. The summed E-state index contributed by atoms with van der Waals surface area (Å²) in [7, 11) is 0. The number of furan rings is 1. The maximum absolute atomic E-state index is 5.33. The Morgan fingerprint density at radius 1 is 1.22 bits per heavy atom. The van der Waals surface area contributed by atoms with Crippen LogP contribution < -0.4 is 5.32 Å². The van der Waals surface area contributed by atoms with Crippen molar-refractivity contribution in [3.05, 3.63) is 54.2 Å². The molecular weight excluding hydrogens is 224 g/mol. The molecule has 0 saturated heterocycles. The Hall–Kier alpha value is -1.61. The van der Waals surface area contributed by atoms with Gasteiger partial charge in [-0.1, -0.05) is 6.07 Å². The second-order valence-corrected chi connectivity index (χ2v) is 4.66. The Morgan fingerprint density at radius 3 is 2.78 bits per heavy atom. The van der Waals surface area contributed by atoms with Gasteiger partial charge < -0.3 is 9.73 Å². The molecule has 3 nitrogen and oxygen atoms in total. The maximum Gasteiger partial charge on any atom is 0.103 e. The lowest BCUT2D eigenvalue weighted by molar-refractivity contribution is 0.427. The fraction of sp³-hybridized carbons (Fsp3) is 0.400. The van der Waals surface area contributed by atoms with E-state index >= 15 is 0 Å². The molecule has 0 aromatic carbocycles. The molecule has 0 amide bonds. The SMILES string of the molecule is CC(CCc1ccco1)N[C@H](C)c1ccccn1. The normalized spacial score (nSPS) is 14.3. The number of hydrogen-bond acceptors (Lipinski definition) is 3. The molecule has 0 fully saturated rings. The van der Waals surface area contributed by atoms with Gasteiger partial charge in [-0.05, 0) is 44.5 Å². The van der Waals surface area contributed by atoms with Crippen LogP contribution in [0.1, 0.15) is 37.8 Å². The number of aryl methyl sites for hydroxylation is 1. The summed E-state index contributed by atoms with van der Waals surface area (Å²) >= 11 is 0. The zero-order chi connectivity index (χ0) is 12.8. The van der Waals surface area contributed by atoms with Crippen molar-refractivity contribution in [1.29, 1.82) is 0 Å². The lowest BCUT2D eigenvalue weighted by Gasteiger charge is -2.19. The van der Waals surface area contributed by atoms with Crippen LogP contribution in [0.25, 0.3) is 0 Å². The number of nitrogens with one attached hydrogen (secondary N) is 1. The average molecular weight is 244 g/mol. The molecule has 2 atom stereocenters. The van der Waals surface area contributed by atoms with Gasteiger partial charge in [0.25, 0.3) is 0 Å². The lowest BCUT2D eigenvalue weighted by Crippen LogP contribution is -2.29. The second-order valence-electron chi connectivity index (χ2n) is 4.66. The van der Waals surface area contributed by atoms with Gasteiger partial charge in [-0.15, -0.1) is 0 Å². The third-order valence-corrected chi connectivity index (χ3v) is 3.07. The minimum Gasteiger partial charge on any atom is -0.469 e. The predicted molar refractivity (Wildman–Crippen MR) is 72.3 cm³/mol. The van der Waals surface area contributed by atoms with E-state index in [1.54, 1.807) is 6.26 Å². The summed E-state index contributed by atoms with van der Waals surface area (Å²) in [6, 6.07) is 10.7. The highest BCUT2D eigenvalue weighted by Gasteiger charge is 2.10. The summed E-state index contributed by atoms with van der Waals surface area (Å²) in [5, 5.41) is 3.55. The Labute approximate surface area is 108 Å². The van der Waals surface area contributed by atoms with Crippen LogP contribution in [-0.2, 0) is 6.42 Å². The highest BCUT2D eigenvalue weighted by Crippen LogP contribution is 2.11. The van der Waals surface area contributed by atoms with Gasteiger partial charge in [0.1, 0.15) is 5.76 Å². The quantitative estimate of drug-likeness (QED) is 0.846. The smallest absolute Gasteiger partial charge is 0.103 e. The van der Waals surface area contributed by atoms with Crippen molar-refractivity contribution in [1.82, 2.24) is 10.3 Å². The van der Waals surface area contributed by atoms with E-state index < -0.39 is 0 Å². The molecule has 0 saturated carbocycles. The van der Waals surface area contributed by atoms with Crippen LogP contribution in [-0.4, -0.2) is 11.0 Å². The van der Waals surface area contributed by atoms with Crippen LogP contribution in [0.15, 0.2) is 47.2 Å². The first-order chi connectivity index (χ1) is 8.75. The van der Waals surface area contributed by atoms with E-state index in [0.29, 0.717) is 6.04 Å². The van der Waals surface area contributed by atoms with Gasteiger partial charge in [-0.25, -0.2) is 0 Å². The zero-order valence-electron chi connectivity index (χ0n) is 11.0. The molecule has 96 valence electrons. The molecule has 1 unspecified atom stereocenters. The van der Waals surface area contributed by atoms with Crippen molar-refractivity contribution in [2.45, 2.75) is 38.8 Å². The van der Waals surface area contributed by atoms with Crippen molar-refractivity contribution in [3.8, 4) is 0 Å². The second kappa shape index (κ2) is 6.36. The Kier molecular flexibility index (Phi) is 4.53. The Morgan fingerprint density at radius 2 is 2.11 bits per heavy atom. The van der Waals surface area contributed by atoms with Gasteiger partial charge in [0.05, 0.1) is 12.0 Å². The molecule has 0 aliphatic heterocycles. The summed E-state index contributed by atoms with van der Waals surface area (Å²) in [4.78, 5) is 4.36. The van der Waals surface area contributed by atoms with Crippen LogP contribution in [0.2, 0.25) is 0 Å². The van der Waals surface area contributed by atoms with E-state index in [9.17, 15) is 0 Å². The highest BCUT2D eigenvalue weighted by molar-refractivity contribution is 5.07. The van der Waals surface area contributed by atoms with Crippen molar-refractivity contribution >= 4 is 0 Å². The molecule has 1 N–H and O–H groups in total. The molecule has 2 aromatic heterocycles. The zero-order valence-corrected chi connectivity index (χ0v) is 11.0. The van der Waals surface area contributed by atoms with Crippen molar-refractivity contribution in [2.75, 3.05) is 0 Å². The van der Waals surface area contributed by atoms with Crippen LogP contribution >= 0.6 is 0 Å². The van der Waals surface area contributed by atoms with Gasteiger partial charge in [0.2, 0.25) is 0 Å².